The highest BCUT2D eigenvalue weighted by molar-refractivity contribution is 5.84. The van der Waals surface area contributed by atoms with Crippen LogP contribution < -0.4 is 0 Å². The summed E-state index contributed by atoms with van der Waals surface area (Å²) in [4.78, 5) is 49.0. The van der Waals surface area contributed by atoms with Crippen LogP contribution in [0.4, 0.5) is 0 Å². The Morgan fingerprint density at radius 2 is 1.44 bits per heavy atom. The van der Waals surface area contributed by atoms with E-state index >= 15 is 0 Å². The van der Waals surface area contributed by atoms with Crippen LogP contribution in [0.15, 0.2) is 0 Å². The lowest BCUT2D eigenvalue weighted by atomic mass is 9.44. The molecule has 0 saturated heterocycles. The SMILES string of the molecule is CC[C@@H]1C(=O)C[C@H]2[C@@H]3CC[C@H]4[C@@H](OC(C)=O)[C@H](OC(C)=O)[C@H](OC(C)=O)C[C@]4(C)[C@@H]3CC[C@@]12C. The molecule has 4 fully saturated rings. The van der Waals surface area contributed by atoms with Gasteiger partial charge >= 0.3 is 17.9 Å². The predicted molar refractivity (Wildman–Crippen MR) is 123 cm³/mol. The third kappa shape index (κ3) is 3.97. The van der Waals surface area contributed by atoms with Crippen LogP contribution >= 0.6 is 0 Å². The van der Waals surface area contributed by atoms with Crippen LogP contribution in [-0.2, 0) is 33.4 Å². The Morgan fingerprint density at radius 1 is 0.824 bits per heavy atom. The largest absolute Gasteiger partial charge is 0.458 e. The number of ether oxygens (including phenoxy) is 3. The number of hydrogen-bond donors (Lipinski definition) is 0. The monoisotopic (exact) mass is 476 g/mol. The van der Waals surface area contributed by atoms with Crippen LogP contribution in [-0.4, -0.2) is 42.0 Å². The van der Waals surface area contributed by atoms with Crippen molar-refractivity contribution in [3.8, 4) is 0 Å². The molecule has 0 aromatic carbocycles. The standard InChI is InChI=1S/C27H40O7/c1-7-18-22(31)12-21-17-8-9-20-24(33-15(3)29)25(34-16(4)30)23(32-14(2)28)13-27(20,6)19(17)10-11-26(18,21)5/h17-21,23-25H,7-13H2,1-6H3/t17-,18-,19-,20+,21+,23-,24-,25-,26+,27-/m1/s1. The third-order valence-electron chi connectivity index (χ3n) is 10.0. The molecule has 0 heterocycles. The first-order valence-electron chi connectivity index (χ1n) is 13.0. The van der Waals surface area contributed by atoms with Crippen LogP contribution in [0.1, 0.15) is 86.5 Å². The zero-order valence-corrected chi connectivity index (χ0v) is 21.4. The first-order valence-corrected chi connectivity index (χ1v) is 13.0. The summed E-state index contributed by atoms with van der Waals surface area (Å²) < 4.78 is 17.2. The van der Waals surface area contributed by atoms with Gasteiger partial charge in [0.1, 0.15) is 18.0 Å². The van der Waals surface area contributed by atoms with Crippen molar-refractivity contribution in [1.29, 1.82) is 0 Å². The highest BCUT2D eigenvalue weighted by atomic mass is 16.6. The molecule has 0 unspecified atom stereocenters. The Morgan fingerprint density at radius 3 is 2.03 bits per heavy atom. The van der Waals surface area contributed by atoms with E-state index in [0.29, 0.717) is 36.4 Å². The van der Waals surface area contributed by atoms with Crippen molar-refractivity contribution in [2.45, 2.75) is 105 Å². The van der Waals surface area contributed by atoms with Gasteiger partial charge in [0.15, 0.2) is 6.10 Å². The topological polar surface area (TPSA) is 96.0 Å². The van der Waals surface area contributed by atoms with Gasteiger partial charge in [0.2, 0.25) is 0 Å². The lowest BCUT2D eigenvalue weighted by molar-refractivity contribution is -0.234. The number of hydrogen-bond acceptors (Lipinski definition) is 7. The molecule has 0 aromatic rings. The van der Waals surface area contributed by atoms with Crippen LogP contribution in [0.5, 0.6) is 0 Å². The van der Waals surface area contributed by atoms with Crippen LogP contribution in [0.3, 0.4) is 0 Å². The van der Waals surface area contributed by atoms with E-state index in [1.807, 2.05) is 0 Å². The van der Waals surface area contributed by atoms with E-state index in [0.717, 1.165) is 32.1 Å². The van der Waals surface area contributed by atoms with Crippen molar-refractivity contribution < 1.29 is 33.4 Å². The molecule has 0 bridgehead atoms. The van der Waals surface area contributed by atoms with E-state index < -0.39 is 36.2 Å². The molecule has 0 aromatic heterocycles. The minimum atomic E-state index is -0.814. The molecule has 4 saturated carbocycles. The fraction of sp³-hybridized carbons (Fsp3) is 0.852. The summed E-state index contributed by atoms with van der Waals surface area (Å²) >= 11 is 0. The number of carbonyl (C=O) groups excluding carboxylic acids is 4. The van der Waals surface area contributed by atoms with Gasteiger partial charge in [-0.3, -0.25) is 19.2 Å². The molecule has 34 heavy (non-hydrogen) atoms. The molecular weight excluding hydrogens is 436 g/mol. The lowest BCUT2D eigenvalue weighted by Crippen LogP contribution is -2.64. The number of esters is 3. The minimum Gasteiger partial charge on any atom is -0.458 e. The lowest BCUT2D eigenvalue weighted by Gasteiger charge is -2.62. The third-order valence-corrected chi connectivity index (χ3v) is 10.0. The van der Waals surface area contributed by atoms with Gasteiger partial charge < -0.3 is 14.2 Å². The van der Waals surface area contributed by atoms with Gasteiger partial charge in [0.25, 0.3) is 0 Å². The van der Waals surface area contributed by atoms with E-state index in [1.165, 1.54) is 20.8 Å². The summed E-state index contributed by atoms with van der Waals surface area (Å²) in [7, 11) is 0. The molecule has 0 radical (unpaired) electrons. The van der Waals surface area contributed by atoms with Crippen LogP contribution in [0.2, 0.25) is 0 Å². The average molecular weight is 477 g/mol. The second-order valence-electron chi connectivity index (χ2n) is 11.7. The Hall–Kier alpha value is -1.92. The highest BCUT2D eigenvalue weighted by Gasteiger charge is 2.65. The van der Waals surface area contributed by atoms with Crippen molar-refractivity contribution in [3.05, 3.63) is 0 Å². The Bertz CT molecular complexity index is 867. The Labute approximate surface area is 202 Å². The summed E-state index contributed by atoms with van der Waals surface area (Å²) in [6.07, 6.45) is 3.79. The molecule has 7 heteroatoms. The molecule has 0 aliphatic heterocycles. The molecule has 190 valence electrons. The quantitative estimate of drug-likeness (QED) is 0.442. The smallest absolute Gasteiger partial charge is 0.303 e. The molecule has 4 rings (SSSR count). The normalized spacial score (nSPS) is 45.4. The van der Waals surface area contributed by atoms with Crippen molar-refractivity contribution in [2.75, 3.05) is 0 Å². The second kappa shape index (κ2) is 8.94. The summed E-state index contributed by atoms with van der Waals surface area (Å²) in [5.74, 6) is 0.316. The van der Waals surface area contributed by atoms with Gasteiger partial charge in [-0.25, -0.2) is 0 Å². The zero-order valence-electron chi connectivity index (χ0n) is 21.4. The van der Waals surface area contributed by atoms with E-state index in [-0.39, 0.29) is 22.7 Å². The zero-order chi connectivity index (χ0) is 25.0. The Kier molecular flexibility index (Phi) is 6.62. The van der Waals surface area contributed by atoms with Gasteiger partial charge in [-0.2, -0.15) is 0 Å². The summed E-state index contributed by atoms with van der Waals surface area (Å²) in [6, 6.07) is 0. The van der Waals surface area contributed by atoms with Gasteiger partial charge in [-0.05, 0) is 67.1 Å². The predicted octanol–water partition coefficient (Wildman–Crippen LogP) is 4.25. The van der Waals surface area contributed by atoms with E-state index in [1.54, 1.807) is 0 Å². The fourth-order valence-corrected chi connectivity index (χ4v) is 8.90. The molecular formula is C27H40O7. The van der Waals surface area contributed by atoms with E-state index in [2.05, 4.69) is 20.8 Å². The molecule has 0 spiro atoms. The summed E-state index contributed by atoms with van der Waals surface area (Å²) in [6.45, 7) is 10.7. The van der Waals surface area contributed by atoms with Gasteiger partial charge in [0.05, 0.1) is 0 Å². The van der Waals surface area contributed by atoms with Crippen LogP contribution in [0, 0.1) is 40.4 Å². The van der Waals surface area contributed by atoms with Gasteiger partial charge in [0, 0.05) is 39.0 Å². The summed E-state index contributed by atoms with van der Waals surface area (Å²) in [5.41, 5.74) is -0.204. The first kappa shape index (κ1) is 25.2. The fourth-order valence-electron chi connectivity index (χ4n) is 8.90. The number of rotatable bonds is 4. The molecule has 7 nitrogen and oxygen atoms in total. The maximum atomic E-state index is 12.9. The minimum absolute atomic E-state index is 0.00255. The van der Waals surface area contributed by atoms with Crippen molar-refractivity contribution in [2.24, 2.45) is 40.4 Å². The van der Waals surface area contributed by atoms with Crippen molar-refractivity contribution >= 4 is 23.7 Å². The number of fused-ring (bicyclic) bond motifs is 5. The van der Waals surface area contributed by atoms with E-state index in [9.17, 15) is 19.2 Å². The molecule has 4 aliphatic rings. The highest BCUT2D eigenvalue weighted by Crippen LogP contribution is 2.67. The maximum Gasteiger partial charge on any atom is 0.303 e. The van der Waals surface area contributed by atoms with Gasteiger partial charge in [-0.1, -0.05) is 20.8 Å². The van der Waals surface area contributed by atoms with Crippen LogP contribution in [0.25, 0.3) is 0 Å². The number of Topliss-reactive ketones (excluding diaryl/α,β-unsaturated/α-hetero) is 1. The number of ketones is 1. The van der Waals surface area contributed by atoms with E-state index in [4.69, 9.17) is 14.2 Å². The van der Waals surface area contributed by atoms with Crippen molar-refractivity contribution in [1.82, 2.24) is 0 Å². The van der Waals surface area contributed by atoms with Gasteiger partial charge in [-0.15, -0.1) is 0 Å². The molecule has 4 aliphatic carbocycles. The van der Waals surface area contributed by atoms with Crippen molar-refractivity contribution in [3.63, 3.8) is 0 Å². The average Bonchev–Trinajstić information content (AvgIpc) is 2.98. The molecule has 0 N–H and O–H groups in total. The first-order chi connectivity index (χ1) is 15.9. The Balaban J connectivity index is 1.71. The number of carbonyl (C=O) groups is 4. The molecule has 0 amide bonds. The summed E-state index contributed by atoms with van der Waals surface area (Å²) in [5, 5.41) is 0. The molecule has 10 atom stereocenters. The second-order valence-corrected chi connectivity index (χ2v) is 11.7. The maximum absolute atomic E-state index is 12.9.